The number of hydrogen-bond acceptors (Lipinski definition) is 3. The predicted molar refractivity (Wildman–Crippen MR) is 122 cm³/mol. The summed E-state index contributed by atoms with van der Waals surface area (Å²) < 4.78 is 0. The van der Waals surface area contributed by atoms with Crippen molar-refractivity contribution in [3.05, 3.63) is 23.8 Å². The molecule has 0 aromatic heterocycles. The Morgan fingerprint density at radius 2 is 1.72 bits per heavy atom. The second-order valence-corrected chi connectivity index (χ2v) is 9.45. The number of nitrogens with zero attached hydrogens (tertiary/aromatic N) is 2. The number of carbonyl (C=O) groups excluding carboxylic acids is 2. The van der Waals surface area contributed by atoms with Gasteiger partial charge >= 0.3 is 6.03 Å². The number of amides is 3. The highest BCUT2D eigenvalue weighted by Crippen LogP contribution is 2.26. The smallest absolute Gasteiger partial charge is 0.318 e. The summed E-state index contributed by atoms with van der Waals surface area (Å²) in [6, 6.07) is 5.90. The van der Waals surface area contributed by atoms with Gasteiger partial charge in [-0.1, -0.05) is 20.8 Å². The van der Waals surface area contributed by atoms with E-state index in [0.717, 1.165) is 23.4 Å². The molecule has 0 aliphatic carbocycles. The molecule has 2 N–H and O–H groups in total. The van der Waals surface area contributed by atoms with Gasteiger partial charge in [0.15, 0.2) is 0 Å². The zero-order valence-electron chi connectivity index (χ0n) is 19.7. The molecule has 3 amide bonds. The topological polar surface area (TPSA) is 64.7 Å². The van der Waals surface area contributed by atoms with Gasteiger partial charge < -0.3 is 20.4 Å². The van der Waals surface area contributed by atoms with E-state index in [0.29, 0.717) is 18.9 Å². The Hall–Kier alpha value is -2.24. The van der Waals surface area contributed by atoms with Gasteiger partial charge in [-0.05, 0) is 63.8 Å². The lowest BCUT2D eigenvalue weighted by molar-refractivity contribution is -0.116. The van der Waals surface area contributed by atoms with Crippen LogP contribution in [0.4, 0.5) is 16.2 Å². The number of carbonyl (C=O) groups is 2. The van der Waals surface area contributed by atoms with Crippen LogP contribution < -0.4 is 15.5 Å². The standard InChI is InChI=1S/C23H40N4O2/c1-10-17(4)27(22(29)25-23(5,6)7)15-18-14-19(11-12-20(18)26(8)9)24-21(28)13-16(2)3/h11-12,14,16-17H,10,13,15H2,1-9H3,(H,24,28)(H,25,29)/t17-/m1/s1. The van der Waals surface area contributed by atoms with Crippen LogP contribution in [0.5, 0.6) is 0 Å². The van der Waals surface area contributed by atoms with Crippen molar-refractivity contribution in [2.75, 3.05) is 24.3 Å². The van der Waals surface area contributed by atoms with Crippen LogP contribution in [0.2, 0.25) is 0 Å². The molecule has 0 saturated carbocycles. The van der Waals surface area contributed by atoms with Crippen molar-refractivity contribution in [2.45, 2.75) is 79.4 Å². The molecule has 1 aromatic carbocycles. The average Bonchev–Trinajstić information content (AvgIpc) is 2.56. The molecule has 1 aromatic rings. The van der Waals surface area contributed by atoms with Gasteiger partial charge in [0.1, 0.15) is 0 Å². The van der Waals surface area contributed by atoms with Gasteiger partial charge in [-0.15, -0.1) is 0 Å². The quantitative estimate of drug-likeness (QED) is 0.651. The molecule has 6 heteroatoms. The number of benzene rings is 1. The first kappa shape index (κ1) is 24.8. The molecule has 164 valence electrons. The van der Waals surface area contributed by atoms with Crippen molar-refractivity contribution < 1.29 is 9.59 Å². The van der Waals surface area contributed by atoms with Crippen molar-refractivity contribution in [1.29, 1.82) is 0 Å². The van der Waals surface area contributed by atoms with E-state index in [1.807, 2.05) is 76.7 Å². The number of nitrogens with one attached hydrogen (secondary N) is 2. The molecule has 0 unspecified atom stereocenters. The Morgan fingerprint density at radius 3 is 2.21 bits per heavy atom. The van der Waals surface area contributed by atoms with Crippen molar-refractivity contribution >= 4 is 23.3 Å². The minimum absolute atomic E-state index is 0.00723. The van der Waals surface area contributed by atoms with Crippen LogP contribution in [0.3, 0.4) is 0 Å². The maximum Gasteiger partial charge on any atom is 0.318 e. The van der Waals surface area contributed by atoms with E-state index in [1.165, 1.54) is 0 Å². The second kappa shape index (κ2) is 10.5. The van der Waals surface area contributed by atoms with Crippen LogP contribution in [0.25, 0.3) is 0 Å². The Labute approximate surface area is 177 Å². The normalized spacial score (nSPS) is 12.5. The third kappa shape index (κ3) is 8.34. The maximum absolute atomic E-state index is 13.0. The first-order chi connectivity index (χ1) is 13.3. The van der Waals surface area contributed by atoms with Gasteiger partial charge in [0.25, 0.3) is 0 Å². The van der Waals surface area contributed by atoms with Crippen molar-refractivity contribution in [1.82, 2.24) is 10.2 Å². The van der Waals surface area contributed by atoms with Gasteiger partial charge in [0.2, 0.25) is 5.91 Å². The fourth-order valence-electron chi connectivity index (χ4n) is 3.03. The molecule has 0 aliphatic heterocycles. The molecular formula is C23H40N4O2. The predicted octanol–water partition coefficient (Wildman–Crippen LogP) is 4.85. The van der Waals surface area contributed by atoms with Gasteiger partial charge in [-0.3, -0.25) is 4.79 Å². The average molecular weight is 405 g/mol. The fourth-order valence-corrected chi connectivity index (χ4v) is 3.03. The lowest BCUT2D eigenvalue weighted by Crippen LogP contribution is -2.51. The Kier molecular flexibility index (Phi) is 8.99. The molecule has 29 heavy (non-hydrogen) atoms. The largest absolute Gasteiger partial charge is 0.377 e. The molecule has 0 bridgehead atoms. The zero-order chi connectivity index (χ0) is 22.4. The third-order valence-corrected chi connectivity index (χ3v) is 4.65. The van der Waals surface area contributed by atoms with Crippen LogP contribution in [-0.2, 0) is 11.3 Å². The first-order valence-electron chi connectivity index (χ1n) is 10.5. The molecule has 0 heterocycles. The van der Waals surface area contributed by atoms with Crippen molar-refractivity contribution in [3.63, 3.8) is 0 Å². The second-order valence-electron chi connectivity index (χ2n) is 9.45. The van der Waals surface area contributed by atoms with Gasteiger partial charge in [0, 0.05) is 50.0 Å². The summed E-state index contributed by atoms with van der Waals surface area (Å²) in [5.41, 5.74) is 2.49. The summed E-state index contributed by atoms with van der Waals surface area (Å²) in [7, 11) is 3.97. The van der Waals surface area contributed by atoms with Crippen LogP contribution in [0, 0.1) is 5.92 Å². The molecule has 6 nitrogen and oxygen atoms in total. The zero-order valence-corrected chi connectivity index (χ0v) is 19.7. The van der Waals surface area contributed by atoms with E-state index >= 15 is 0 Å². The van der Waals surface area contributed by atoms with Crippen molar-refractivity contribution in [2.24, 2.45) is 5.92 Å². The highest BCUT2D eigenvalue weighted by Gasteiger charge is 2.24. The van der Waals surface area contributed by atoms with E-state index < -0.39 is 0 Å². The minimum atomic E-state index is -0.306. The van der Waals surface area contributed by atoms with E-state index in [2.05, 4.69) is 24.5 Å². The monoisotopic (exact) mass is 404 g/mol. The van der Waals surface area contributed by atoms with Crippen LogP contribution in [-0.4, -0.2) is 42.5 Å². The summed E-state index contributed by atoms with van der Waals surface area (Å²) in [6.45, 7) is 14.6. The first-order valence-corrected chi connectivity index (χ1v) is 10.5. The lowest BCUT2D eigenvalue weighted by Gasteiger charge is -2.33. The van der Waals surface area contributed by atoms with E-state index in [-0.39, 0.29) is 23.5 Å². The number of urea groups is 1. The van der Waals surface area contributed by atoms with Crippen LogP contribution in [0.1, 0.15) is 66.9 Å². The van der Waals surface area contributed by atoms with Gasteiger partial charge in [-0.25, -0.2) is 4.79 Å². The van der Waals surface area contributed by atoms with Crippen LogP contribution in [0.15, 0.2) is 18.2 Å². The van der Waals surface area contributed by atoms with E-state index in [9.17, 15) is 9.59 Å². The molecular weight excluding hydrogens is 364 g/mol. The van der Waals surface area contributed by atoms with Crippen LogP contribution >= 0.6 is 0 Å². The summed E-state index contributed by atoms with van der Waals surface area (Å²) in [5.74, 6) is 0.310. The van der Waals surface area contributed by atoms with Crippen molar-refractivity contribution in [3.8, 4) is 0 Å². The fraction of sp³-hybridized carbons (Fsp3) is 0.652. The molecule has 0 aliphatic rings. The molecule has 1 rings (SSSR count). The summed E-state index contributed by atoms with van der Waals surface area (Å²) >= 11 is 0. The highest BCUT2D eigenvalue weighted by molar-refractivity contribution is 5.91. The minimum Gasteiger partial charge on any atom is -0.377 e. The number of anilines is 2. The summed E-state index contributed by atoms with van der Waals surface area (Å²) in [5, 5.41) is 6.06. The molecule has 0 radical (unpaired) electrons. The Morgan fingerprint density at radius 1 is 1.10 bits per heavy atom. The van der Waals surface area contributed by atoms with Gasteiger partial charge in [-0.2, -0.15) is 0 Å². The van der Waals surface area contributed by atoms with E-state index in [1.54, 1.807) is 0 Å². The Balaban J connectivity index is 3.19. The maximum atomic E-state index is 13.0. The highest BCUT2D eigenvalue weighted by atomic mass is 16.2. The summed E-state index contributed by atoms with van der Waals surface area (Å²) in [4.78, 5) is 29.1. The molecule has 1 atom stereocenters. The third-order valence-electron chi connectivity index (χ3n) is 4.65. The molecule has 0 spiro atoms. The number of rotatable bonds is 8. The summed E-state index contributed by atoms with van der Waals surface area (Å²) in [6.07, 6.45) is 1.34. The number of hydrogen-bond donors (Lipinski definition) is 2. The van der Waals surface area contributed by atoms with Gasteiger partial charge in [0.05, 0.1) is 0 Å². The lowest BCUT2D eigenvalue weighted by atomic mass is 10.1. The SMILES string of the molecule is CC[C@@H](C)N(Cc1cc(NC(=O)CC(C)C)ccc1N(C)C)C(=O)NC(C)(C)C. The molecule has 0 fully saturated rings. The van der Waals surface area contributed by atoms with E-state index in [4.69, 9.17) is 0 Å². The molecule has 0 saturated heterocycles. The Bertz CT molecular complexity index is 693.